The van der Waals surface area contributed by atoms with Gasteiger partial charge in [0.2, 0.25) is 0 Å². The van der Waals surface area contributed by atoms with Gasteiger partial charge in [-0.1, -0.05) is 12.1 Å². The van der Waals surface area contributed by atoms with E-state index < -0.39 is 0 Å². The van der Waals surface area contributed by atoms with E-state index in [0.29, 0.717) is 5.82 Å². The van der Waals surface area contributed by atoms with Crippen LogP contribution in [0, 0.1) is 0 Å². The third-order valence-electron chi connectivity index (χ3n) is 4.71. The summed E-state index contributed by atoms with van der Waals surface area (Å²) in [5, 5.41) is 10.1. The Hall–Kier alpha value is -2.10. The smallest absolute Gasteiger partial charge is 0.165 e. The number of aryl methyl sites for hydroxylation is 1. The van der Waals surface area contributed by atoms with Crippen molar-refractivity contribution in [2.45, 2.75) is 38.5 Å². The summed E-state index contributed by atoms with van der Waals surface area (Å²) in [6.07, 6.45) is 7.02. The minimum atomic E-state index is 0.255. The number of rotatable bonds is 2. The lowest BCUT2D eigenvalue weighted by atomic mass is 9.95. The molecular formula is C18H21N3O. The average molecular weight is 295 g/mol. The molecule has 2 heterocycles. The molecule has 0 spiro atoms. The van der Waals surface area contributed by atoms with Crippen LogP contribution in [0.5, 0.6) is 5.75 Å². The van der Waals surface area contributed by atoms with Gasteiger partial charge >= 0.3 is 0 Å². The first-order valence-corrected chi connectivity index (χ1v) is 8.26. The molecule has 1 aliphatic heterocycles. The summed E-state index contributed by atoms with van der Waals surface area (Å²) >= 11 is 0. The van der Waals surface area contributed by atoms with Gasteiger partial charge < -0.3 is 10.0 Å². The first-order valence-electron chi connectivity index (χ1n) is 8.26. The SMILES string of the molecule is Oc1ccccc1-c1nc2c(c(N3CCCC3)n1)CCCC2. The maximum atomic E-state index is 10.1. The Morgan fingerprint density at radius 1 is 0.909 bits per heavy atom. The zero-order valence-electron chi connectivity index (χ0n) is 12.8. The van der Waals surface area contributed by atoms with E-state index in [1.54, 1.807) is 6.07 Å². The van der Waals surface area contributed by atoms with Gasteiger partial charge in [-0.2, -0.15) is 0 Å². The topological polar surface area (TPSA) is 49.3 Å². The molecule has 0 amide bonds. The number of para-hydroxylation sites is 1. The highest BCUT2D eigenvalue weighted by atomic mass is 16.3. The van der Waals surface area contributed by atoms with Gasteiger partial charge in [-0.15, -0.1) is 0 Å². The van der Waals surface area contributed by atoms with E-state index in [2.05, 4.69) is 4.90 Å². The van der Waals surface area contributed by atoms with Gasteiger partial charge in [-0.3, -0.25) is 0 Å². The van der Waals surface area contributed by atoms with Gasteiger partial charge in [0.1, 0.15) is 11.6 Å². The second-order valence-electron chi connectivity index (χ2n) is 6.21. The van der Waals surface area contributed by atoms with Crippen LogP contribution in [0.25, 0.3) is 11.4 Å². The number of benzene rings is 1. The van der Waals surface area contributed by atoms with Crippen LogP contribution in [0.2, 0.25) is 0 Å². The van der Waals surface area contributed by atoms with Crippen molar-refractivity contribution >= 4 is 5.82 Å². The zero-order valence-corrected chi connectivity index (χ0v) is 12.8. The highest BCUT2D eigenvalue weighted by Gasteiger charge is 2.24. The van der Waals surface area contributed by atoms with Crippen molar-refractivity contribution in [2.75, 3.05) is 18.0 Å². The number of fused-ring (bicyclic) bond motifs is 1. The Balaban J connectivity index is 1.86. The van der Waals surface area contributed by atoms with Gasteiger partial charge in [0.15, 0.2) is 5.82 Å². The molecule has 2 aromatic rings. The van der Waals surface area contributed by atoms with Crippen LogP contribution in [0.3, 0.4) is 0 Å². The lowest BCUT2D eigenvalue weighted by molar-refractivity contribution is 0.477. The Labute approximate surface area is 130 Å². The molecule has 4 heteroatoms. The maximum absolute atomic E-state index is 10.1. The van der Waals surface area contributed by atoms with Crippen molar-refractivity contribution in [1.82, 2.24) is 9.97 Å². The highest BCUT2D eigenvalue weighted by Crippen LogP contribution is 2.34. The van der Waals surface area contributed by atoms with Crippen molar-refractivity contribution < 1.29 is 5.11 Å². The van der Waals surface area contributed by atoms with Crippen molar-refractivity contribution in [3.05, 3.63) is 35.5 Å². The first kappa shape index (κ1) is 13.6. The molecule has 0 unspecified atom stereocenters. The van der Waals surface area contributed by atoms with Crippen molar-refractivity contribution in [2.24, 2.45) is 0 Å². The minimum Gasteiger partial charge on any atom is -0.507 e. The van der Waals surface area contributed by atoms with E-state index in [1.165, 1.54) is 36.9 Å². The molecule has 1 aliphatic carbocycles. The predicted octanol–water partition coefficient (Wildman–Crippen LogP) is 3.33. The maximum Gasteiger partial charge on any atom is 0.165 e. The summed E-state index contributed by atoms with van der Waals surface area (Å²) in [5.41, 5.74) is 3.25. The number of aromatic hydroxyl groups is 1. The Kier molecular flexibility index (Phi) is 3.45. The van der Waals surface area contributed by atoms with E-state index >= 15 is 0 Å². The fourth-order valence-electron chi connectivity index (χ4n) is 3.55. The van der Waals surface area contributed by atoms with E-state index in [4.69, 9.17) is 9.97 Å². The van der Waals surface area contributed by atoms with Crippen molar-refractivity contribution in [3.63, 3.8) is 0 Å². The number of hydrogen-bond acceptors (Lipinski definition) is 4. The normalized spacial score (nSPS) is 17.5. The Bertz CT molecular complexity index is 693. The molecule has 0 bridgehead atoms. The molecule has 4 rings (SSSR count). The average Bonchev–Trinajstić information content (AvgIpc) is 3.08. The molecule has 2 aliphatic rings. The van der Waals surface area contributed by atoms with Crippen LogP contribution in [-0.2, 0) is 12.8 Å². The van der Waals surface area contributed by atoms with E-state index in [-0.39, 0.29) is 5.75 Å². The summed E-state index contributed by atoms with van der Waals surface area (Å²) < 4.78 is 0. The Morgan fingerprint density at radius 3 is 2.50 bits per heavy atom. The third kappa shape index (κ3) is 2.32. The number of aromatic nitrogens is 2. The number of anilines is 1. The number of hydrogen-bond donors (Lipinski definition) is 1. The molecule has 1 aromatic carbocycles. The standard InChI is InChI=1S/C18H21N3O/c22-16-10-4-2-8-14(16)17-19-15-9-3-1-7-13(15)18(20-17)21-11-5-6-12-21/h2,4,8,10,22H,1,3,5-7,9,11-12H2. The van der Waals surface area contributed by atoms with Crippen LogP contribution < -0.4 is 4.90 Å². The summed E-state index contributed by atoms with van der Waals surface area (Å²) in [4.78, 5) is 12.0. The van der Waals surface area contributed by atoms with Crippen LogP contribution in [-0.4, -0.2) is 28.2 Å². The molecule has 0 radical (unpaired) electrons. The van der Waals surface area contributed by atoms with Crippen LogP contribution in [0.15, 0.2) is 24.3 Å². The summed E-state index contributed by atoms with van der Waals surface area (Å²) in [5.74, 6) is 2.03. The van der Waals surface area contributed by atoms with E-state index in [0.717, 1.165) is 37.3 Å². The summed E-state index contributed by atoms with van der Waals surface area (Å²) in [6.45, 7) is 2.17. The van der Waals surface area contributed by atoms with Crippen LogP contribution in [0.4, 0.5) is 5.82 Å². The van der Waals surface area contributed by atoms with Gasteiger partial charge in [0.25, 0.3) is 0 Å². The second kappa shape index (κ2) is 5.59. The molecule has 4 nitrogen and oxygen atoms in total. The lowest BCUT2D eigenvalue weighted by Crippen LogP contribution is -2.23. The number of phenolic OH excluding ortho intramolecular Hbond substituents is 1. The molecular weight excluding hydrogens is 274 g/mol. The number of nitrogens with zero attached hydrogens (tertiary/aromatic N) is 3. The van der Waals surface area contributed by atoms with Crippen LogP contribution >= 0.6 is 0 Å². The third-order valence-corrected chi connectivity index (χ3v) is 4.71. The van der Waals surface area contributed by atoms with E-state index in [1.807, 2.05) is 18.2 Å². The molecule has 1 aromatic heterocycles. The zero-order chi connectivity index (χ0) is 14.9. The largest absolute Gasteiger partial charge is 0.507 e. The Morgan fingerprint density at radius 2 is 1.68 bits per heavy atom. The fraction of sp³-hybridized carbons (Fsp3) is 0.444. The van der Waals surface area contributed by atoms with E-state index in [9.17, 15) is 5.11 Å². The molecule has 1 saturated heterocycles. The molecule has 1 N–H and O–H groups in total. The van der Waals surface area contributed by atoms with Gasteiger partial charge in [-0.05, 0) is 50.7 Å². The van der Waals surface area contributed by atoms with Crippen molar-refractivity contribution in [3.8, 4) is 17.1 Å². The lowest BCUT2D eigenvalue weighted by Gasteiger charge is -2.25. The predicted molar refractivity (Wildman–Crippen MR) is 87.2 cm³/mol. The molecule has 1 fully saturated rings. The molecule has 22 heavy (non-hydrogen) atoms. The molecule has 0 atom stereocenters. The first-order chi connectivity index (χ1) is 10.8. The highest BCUT2D eigenvalue weighted by molar-refractivity contribution is 5.66. The molecule has 0 saturated carbocycles. The molecule has 114 valence electrons. The quantitative estimate of drug-likeness (QED) is 0.923. The van der Waals surface area contributed by atoms with Gasteiger partial charge in [-0.25, -0.2) is 9.97 Å². The van der Waals surface area contributed by atoms with Crippen LogP contribution in [0.1, 0.15) is 36.9 Å². The fourth-order valence-corrected chi connectivity index (χ4v) is 3.55. The monoisotopic (exact) mass is 295 g/mol. The minimum absolute atomic E-state index is 0.255. The second-order valence-corrected chi connectivity index (χ2v) is 6.21. The summed E-state index contributed by atoms with van der Waals surface area (Å²) in [7, 11) is 0. The number of phenols is 1. The van der Waals surface area contributed by atoms with Crippen molar-refractivity contribution in [1.29, 1.82) is 0 Å². The summed E-state index contributed by atoms with van der Waals surface area (Å²) in [6, 6.07) is 7.35. The van der Waals surface area contributed by atoms with Gasteiger partial charge in [0.05, 0.1) is 5.56 Å². The van der Waals surface area contributed by atoms with Gasteiger partial charge in [0, 0.05) is 24.3 Å².